The van der Waals surface area contributed by atoms with Crippen molar-refractivity contribution in [3.05, 3.63) is 32.8 Å². The van der Waals surface area contributed by atoms with Gasteiger partial charge in [-0.2, -0.15) is 0 Å². The third kappa shape index (κ3) is 3.89. The van der Waals surface area contributed by atoms with Gasteiger partial charge in [0.25, 0.3) is 5.69 Å². The van der Waals surface area contributed by atoms with Gasteiger partial charge in [0.1, 0.15) is 0 Å². The molecule has 0 aliphatic rings. The van der Waals surface area contributed by atoms with Gasteiger partial charge in [-0.1, -0.05) is 11.6 Å². The Labute approximate surface area is 122 Å². The molecule has 0 saturated heterocycles. The second-order valence-electron chi connectivity index (χ2n) is 4.35. The van der Waals surface area contributed by atoms with E-state index in [1.165, 1.54) is 13.0 Å². The van der Waals surface area contributed by atoms with Crippen molar-refractivity contribution in [2.45, 2.75) is 24.8 Å². The van der Waals surface area contributed by atoms with Crippen LogP contribution >= 0.6 is 11.6 Å². The van der Waals surface area contributed by atoms with E-state index in [1.807, 2.05) is 0 Å². The first-order chi connectivity index (χ1) is 9.19. The van der Waals surface area contributed by atoms with Crippen molar-refractivity contribution in [2.24, 2.45) is 0 Å². The van der Waals surface area contributed by atoms with Crippen LogP contribution in [0.4, 0.5) is 5.69 Å². The van der Waals surface area contributed by atoms with Crippen LogP contribution in [0, 0.1) is 17.0 Å². The van der Waals surface area contributed by atoms with E-state index in [9.17, 15) is 18.5 Å². The molecule has 0 heterocycles. The molecule has 112 valence electrons. The number of hydrogen-bond donors (Lipinski definition) is 2. The molecule has 1 unspecified atom stereocenters. The Balaban J connectivity index is 3.16. The second kappa shape index (κ2) is 6.49. The Morgan fingerprint density at radius 2 is 2.05 bits per heavy atom. The van der Waals surface area contributed by atoms with E-state index in [0.29, 0.717) is 0 Å². The van der Waals surface area contributed by atoms with Crippen molar-refractivity contribution in [3.8, 4) is 0 Å². The van der Waals surface area contributed by atoms with E-state index in [0.717, 1.165) is 6.07 Å². The van der Waals surface area contributed by atoms with Gasteiger partial charge in [-0.15, -0.1) is 0 Å². The number of sulfonamides is 1. The van der Waals surface area contributed by atoms with Crippen LogP contribution in [0.15, 0.2) is 17.0 Å². The van der Waals surface area contributed by atoms with Crippen molar-refractivity contribution in [2.75, 3.05) is 13.6 Å². The predicted molar refractivity (Wildman–Crippen MR) is 76.6 cm³/mol. The minimum absolute atomic E-state index is 0.0428. The fourth-order valence-corrected chi connectivity index (χ4v) is 2.86. The number of nitrogens with zero attached hydrogens (tertiary/aromatic N) is 1. The van der Waals surface area contributed by atoms with Gasteiger partial charge < -0.3 is 5.32 Å². The summed E-state index contributed by atoms with van der Waals surface area (Å²) < 4.78 is 26.5. The fraction of sp³-hybridized carbons (Fsp3) is 0.455. The molecule has 1 aromatic carbocycles. The van der Waals surface area contributed by atoms with Gasteiger partial charge in [-0.3, -0.25) is 10.1 Å². The van der Waals surface area contributed by atoms with E-state index in [2.05, 4.69) is 10.0 Å². The van der Waals surface area contributed by atoms with E-state index >= 15 is 0 Å². The Kier molecular flexibility index (Phi) is 5.46. The van der Waals surface area contributed by atoms with Gasteiger partial charge in [0.05, 0.1) is 14.8 Å². The van der Waals surface area contributed by atoms with Crippen LogP contribution < -0.4 is 10.0 Å². The van der Waals surface area contributed by atoms with Gasteiger partial charge in [0.2, 0.25) is 10.0 Å². The summed E-state index contributed by atoms with van der Waals surface area (Å²) in [7, 11) is -2.14. The van der Waals surface area contributed by atoms with E-state index < -0.39 is 14.9 Å². The molecule has 1 atom stereocenters. The average molecular weight is 322 g/mol. The Hall–Kier alpha value is -1.22. The molecule has 1 aromatic rings. The van der Waals surface area contributed by atoms with Crippen molar-refractivity contribution >= 4 is 27.3 Å². The number of nitro groups is 1. The lowest BCUT2D eigenvalue weighted by molar-refractivity contribution is -0.385. The molecule has 1 rings (SSSR count). The first kappa shape index (κ1) is 16.8. The summed E-state index contributed by atoms with van der Waals surface area (Å²) in [6, 6.07) is 2.14. The lowest BCUT2D eigenvalue weighted by Crippen LogP contribution is -2.37. The molecule has 2 N–H and O–H groups in total. The highest BCUT2D eigenvalue weighted by atomic mass is 35.5. The fourth-order valence-electron chi connectivity index (χ4n) is 1.41. The molecule has 0 fully saturated rings. The van der Waals surface area contributed by atoms with Crippen molar-refractivity contribution in [1.29, 1.82) is 0 Å². The minimum Gasteiger partial charge on any atom is -0.316 e. The SMILES string of the molecule is CNC(C)CNS(=O)(=O)c1cc(Cl)c(C)c([N+](=O)[O-])c1. The van der Waals surface area contributed by atoms with Crippen molar-refractivity contribution in [1.82, 2.24) is 10.0 Å². The van der Waals surface area contributed by atoms with Crippen molar-refractivity contribution < 1.29 is 13.3 Å². The molecule has 0 spiro atoms. The van der Waals surface area contributed by atoms with E-state index in [4.69, 9.17) is 11.6 Å². The first-order valence-corrected chi connectivity index (χ1v) is 7.66. The zero-order valence-corrected chi connectivity index (χ0v) is 12.9. The summed E-state index contributed by atoms with van der Waals surface area (Å²) in [5, 5.41) is 13.8. The molecular weight excluding hydrogens is 306 g/mol. The predicted octanol–water partition coefficient (Wildman–Crippen LogP) is 1.44. The highest BCUT2D eigenvalue weighted by Gasteiger charge is 2.22. The van der Waals surface area contributed by atoms with Crippen LogP contribution in [0.3, 0.4) is 0 Å². The molecule has 0 amide bonds. The topological polar surface area (TPSA) is 101 Å². The summed E-state index contributed by atoms with van der Waals surface area (Å²) >= 11 is 5.85. The average Bonchev–Trinajstić information content (AvgIpc) is 2.38. The smallest absolute Gasteiger partial charge is 0.275 e. The Morgan fingerprint density at radius 3 is 2.55 bits per heavy atom. The zero-order chi connectivity index (χ0) is 15.5. The minimum atomic E-state index is -3.84. The molecule has 20 heavy (non-hydrogen) atoms. The molecule has 7 nitrogen and oxygen atoms in total. The second-order valence-corrected chi connectivity index (χ2v) is 6.52. The van der Waals surface area contributed by atoms with Gasteiger partial charge in [-0.05, 0) is 27.0 Å². The maximum absolute atomic E-state index is 12.1. The number of hydrogen-bond acceptors (Lipinski definition) is 5. The molecule has 0 aromatic heterocycles. The van der Waals surface area contributed by atoms with E-state index in [-0.39, 0.29) is 33.8 Å². The van der Waals surface area contributed by atoms with Crippen LogP contribution in [-0.4, -0.2) is 33.0 Å². The number of halogens is 1. The Morgan fingerprint density at radius 1 is 1.45 bits per heavy atom. The van der Waals surface area contributed by atoms with Gasteiger partial charge >= 0.3 is 0 Å². The van der Waals surface area contributed by atoms with Crippen LogP contribution in [0.5, 0.6) is 0 Å². The summed E-state index contributed by atoms with van der Waals surface area (Å²) in [6.45, 7) is 3.43. The standard InChI is InChI=1S/C11H16ClN3O4S/c1-7(13-3)6-14-20(18,19)9-4-10(12)8(2)11(5-9)15(16)17/h4-5,7,13-14H,6H2,1-3H3. The first-order valence-electron chi connectivity index (χ1n) is 5.80. The van der Waals surface area contributed by atoms with Crippen LogP contribution in [0.2, 0.25) is 5.02 Å². The highest BCUT2D eigenvalue weighted by Crippen LogP contribution is 2.29. The third-order valence-electron chi connectivity index (χ3n) is 2.87. The normalized spacial score (nSPS) is 13.2. The third-order valence-corrected chi connectivity index (χ3v) is 4.67. The number of nitrogens with one attached hydrogen (secondary N) is 2. The largest absolute Gasteiger partial charge is 0.316 e. The van der Waals surface area contributed by atoms with Gasteiger partial charge in [0, 0.05) is 24.2 Å². The lowest BCUT2D eigenvalue weighted by atomic mass is 10.2. The number of likely N-dealkylation sites (N-methyl/N-ethyl adjacent to an activating group) is 1. The molecule has 0 saturated carbocycles. The monoisotopic (exact) mass is 321 g/mol. The molecule has 0 aliphatic heterocycles. The number of benzene rings is 1. The summed E-state index contributed by atoms with van der Waals surface area (Å²) in [6.07, 6.45) is 0. The van der Waals surface area contributed by atoms with Crippen LogP contribution in [0.25, 0.3) is 0 Å². The molecular formula is C11H16ClN3O4S. The van der Waals surface area contributed by atoms with E-state index in [1.54, 1.807) is 14.0 Å². The summed E-state index contributed by atoms with van der Waals surface area (Å²) in [5.41, 5.74) is -0.0845. The van der Waals surface area contributed by atoms with Crippen LogP contribution in [-0.2, 0) is 10.0 Å². The summed E-state index contributed by atoms with van der Waals surface area (Å²) in [4.78, 5) is 10.0. The van der Waals surface area contributed by atoms with Crippen molar-refractivity contribution in [3.63, 3.8) is 0 Å². The molecule has 0 radical (unpaired) electrons. The highest BCUT2D eigenvalue weighted by molar-refractivity contribution is 7.89. The molecule has 0 bridgehead atoms. The maximum Gasteiger partial charge on any atom is 0.275 e. The molecule has 0 aliphatic carbocycles. The number of rotatable bonds is 6. The number of nitro benzene ring substituents is 1. The zero-order valence-electron chi connectivity index (χ0n) is 11.3. The molecule has 9 heteroatoms. The summed E-state index contributed by atoms with van der Waals surface area (Å²) in [5.74, 6) is 0. The lowest BCUT2D eigenvalue weighted by Gasteiger charge is -2.12. The van der Waals surface area contributed by atoms with Crippen LogP contribution in [0.1, 0.15) is 12.5 Å². The Bertz CT molecular complexity index is 618. The van der Waals surface area contributed by atoms with Gasteiger partial charge in [0.15, 0.2) is 0 Å². The maximum atomic E-state index is 12.1. The quantitative estimate of drug-likeness (QED) is 0.610. The van der Waals surface area contributed by atoms with Gasteiger partial charge in [-0.25, -0.2) is 13.1 Å².